The fourth-order valence-corrected chi connectivity index (χ4v) is 4.81. The van der Waals surface area contributed by atoms with Crippen molar-refractivity contribution in [3.05, 3.63) is 89.1 Å². The van der Waals surface area contributed by atoms with E-state index in [0.29, 0.717) is 30.0 Å². The maximum atomic E-state index is 14.2. The third-order valence-corrected chi connectivity index (χ3v) is 7.15. The normalized spacial score (nSPS) is 15.1. The number of likely N-dealkylation sites (N-methyl/N-ethyl adjacent to an activating group) is 1. The number of aromatic nitrogens is 4. The van der Waals surface area contributed by atoms with Crippen molar-refractivity contribution in [3.63, 3.8) is 0 Å². The number of halogens is 3. The van der Waals surface area contributed by atoms with Crippen molar-refractivity contribution in [2.75, 3.05) is 38.5 Å². The van der Waals surface area contributed by atoms with Gasteiger partial charge in [0, 0.05) is 61.6 Å². The number of nitrogens with zero attached hydrogens (tertiary/aromatic N) is 6. The summed E-state index contributed by atoms with van der Waals surface area (Å²) in [6, 6.07) is 9.07. The van der Waals surface area contributed by atoms with Crippen LogP contribution >= 0.6 is 0 Å². The summed E-state index contributed by atoms with van der Waals surface area (Å²) < 4.78 is 44.3. The molecule has 3 aromatic heterocycles. The molecule has 0 unspecified atom stereocenters. The molecule has 1 aliphatic rings. The van der Waals surface area contributed by atoms with Gasteiger partial charge in [-0.1, -0.05) is 12.0 Å². The van der Waals surface area contributed by atoms with Crippen molar-refractivity contribution >= 4 is 17.2 Å². The number of rotatable bonds is 4. The van der Waals surface area contributed by atoms with Gasteiger partial charge < -0.3 is 10.2 Å². The molecule has 0 radical (unpaired) electrons. The van der Waals surface area contributed by atoms with Gasteiger partial charge in [-0.3, -0.25) is 14.7 Å². The fourth-order valence-electron chi connectivity index (χ4n) is 4.81. The molecule has 11 heteroatoms. The number of carbonyl (C=O) groups excluding carboxylic acids is 1. The summed E-state index contributed by atoms with van der Waals surface area (Å²) in [7, 11) is 2.00. The van der Waals surface area contributed by atoms with Gasteiger partial charge in [0.2, 0.25) is 0 Å². The predicted molar refractivity (Wildman–Crippen MR) is 145 cm³/mol. The third-order valence-electron chi connectivity index (χ3n) is 7.15. The molecular formula is C29H28F3N7O. The summed E-state index contributed by atoms with van der Waals surface area (Å²) in [4.78, 5) is 25.5. The number of hydrogen-bond donors (Lipinski definition) is 1. The second-order valence-electron chi connectivity index (χ2n) is 10.2. The van der Waals surface area contributed by atoms with Crippen LogP contribution in [0.5, 0.6) is 0 Å². The lowest BCUT2D eigenvalue weighted by Gasteiger charge is -2.44. The molecule has 1 fully saturated rings. The topological polar surface area (TPSA) is 78.7 Å². The Morgan fingerprint density at radius 2 is 1.75 bits per heavy atom. The maximum absolute atomic E-state index is 14.2. The number of benzene rings is 1. The number of fused-ring (bicyclic) bond motifs is 1. The van der Waals surface area contributed by atoms with E-state index in [-0.39, 0.29) is 16.8 Å². The highest BCUT2D eigenvalue weighted by molar-refractivity contribution is 6.04. The maximum Gasteiger partial charge on any atom is 0.416 e. The van der Waals surface area contributed by atoms with E-state index in [2.05, 4.69) is 42.0 Å². The Labute approximate surface area is 229 Å². The predicted octanol–water partition coefficient (Wildman–Crippen LogP) is 4.28. The van der Waals surface area contributed by atoms with Gasteiger partial charge in [-0.2, -0.15) is 18.3 Å². The van der Waals surface area contributed by atoms with Crippen LogP contribution < -0.4 is 5.32 Å². The molecule has 5 rings (SSSR count). The number of nitrogens with one attached hydrogen (secondary N) is 1. The Hall–Kier alpha value is -4.27. The number of alkyl halides is 3. The molecule has 206 valence electrons. The van der Waals surface area contributed by atoms with Crippen LogP contribution in [-0.2, 0) is 11.7 Å². The average molecular weight is 548 g/mol. The molecule has 1 aliphatic heterocycles. The van der Waals surface area contributed by atoms with Crippen molar-refractivity contribution in [2.24, 2.45) is 0 Å². The van der Waals surface area contributed by atoms with Gasteiger partial charge in [-0.15, -0.1) is 0 Å². The second kappa shape index (κ2) is 10.7. The largest absolute Gasteiger partial charge is 0.416 e. The molecule has 4 aromatic rings. The number of amides is 1. The average Bonchev–Trinajstić information content (AvgIpc) is 3.35. The number of carbonyl (C=O) groups is 1. The summed E-state index contributed by atoms with van der Waals surface area (Å²) in [5.74, 6) is 5.30. The van der Waals surface area contributed by atoms with Gasteiger partial charge in [0.25, 0.3) is 5.91 Å². The number of imidazole rings is 1. The standard InChI is InChI=1S/C29H28F3N7O/c1-28(2,38-13-11-37(3)12-14-38)24-9-7-22(16-25(24)29(30,31)32)36-27(40)21-15-20(17-33-18-21)6-8-23-19-34-26-5-4-10-35-39(23)26/h4-5,7,9-10,15-19H,11-14H2,1-3H3,(H,36,40). The minimum Gasteiger partial charge on any atom is -0.322 e. The highest BCUT2D eigenvalue weighted by Gasteiger charge is 2.41. The first-order valence-corrected chi connectivity index (χ1v) is 12.7. The molecule has 1 aromatic carbocycles. The summed E-state index contributed by atoms with van der Waals surface area (Å²) in [5, 5.41) is 6.79. The van der Waals surface area contributed by atoms with E-state index in [4.69, 9.17) is 0 Å². The fraction of sp³-hybridized carbons (Fsp3) is 0.310. The Bertz CT molecular complexity index is 1610. The lowest BCUT2D eigenvalue weighted by atomic mass is 9.87. The van der Waals surface area contributed by atoms with Crippen LogP contribution in [0, 0.1) is 11.8 Å². The Morgan fingerprint density at radius 1 is 0.975 bits per heavy atom. The Balaban J connectivity index is 1.37. The lowest BCUT2D eigenvalue weighted by molar-refractivity contribution is -0.139. The van der Waals surface area contributed by atoms with Crippen LogP contribution in [0.3, 0.4) is 0 Å². The number of hydrogen-bond acceptors (Lipinski definition) is 6. The highest BCUT2D eigenvalue weighted by atomic mass is 19.4. The summed E-state index contributed by atoms with van der Waals surface area (Å²) in [5.41, 5.74) is 0.429. The number of pyridine rings is 1. The molecule has 40 heavy (non-hydrogen) atoms. The van der Waals surface area contributed by atoms with Gasteiger partial charge in [-0.05, 0) is 62.7 Å². The van der Waals surface area contributed by atoms with Gasteiger partial charge in [0.15, 0.2) is 5.65 Å². The molecule has 8 nitrogen and oxygen atoms in total. The monoisotopic (exact) mass is 547 g/mol. The van der Waals surface area contributed by atoms with Gasteiger partial charge in [0.05, 0.1) is 17.3 Å². The molecule has 1 saturated heterocycles. The molecule has 0 atom stereocenters. The Kier molecular flexibility index (Phi) is 7.31. The van der Waals surface area contributed by atoms with Crippen molar-refractivity contribution in [2.45, 2.75) is 25.6 Å². The van der Waals surface area contributed by atoms with Gasteiger partial charge in [0.1, 0.15) is 5.69 Å². The molecule has 0 saturated carbocycles. The van der Waals surface area contributed by atoms with Crippen LogP contribution in [0.1, 0.15) is 46.6 Å². The van der Waals surface area contributed by atoms with E-state index in [9.17, 15) is 18.0 Å². The molecule has 0 aliphatic carbocycles. The Morgan fingerprint density at radius 3 is 2.50 bits per heavy atom. The number of anilines is 1. The van der Waals surface area contributed by atoms with Crippen LogP contribution in [0.25, 0.3) is 5.65 Å². The quantitative estimate of drug-likeness (QED) is 0.385. The first-order valence-electron chi connectivity index (χ1n) is 12.7. The summed E-state index contributed by atoms with van der Waals surface area (Å²) in [6.07, 6.45) is 1.45. The van der Waals surface area contributed by atoms with Crippen LogP contribution in [0.15, 0.2) is 61.2 Å². The van der Waals surface area contributed by atoms with Gasteiger partial charge >= 0.3 is 6.18 Å². The molecule has 0 spiro atoms. The van der Waals surface area contributed by atoms with E-state index in [1.807, 2.05) is 20.9 Å². The van der Waals surface area contributed by atoms with Crippen molar-refractivity contribution in [1.82, 2.24) is 29.4 Å². The first-order chi connectivity index (χ1) is 19.0. The SMILES string of the molecule is CN1CCN(C(C)(C)c2ccc(NC(=O)c3cncc(C#Cc4cnc5cccnn45)c3)cc2C(F)(F)F)CC1. The van der Waals surface area contributed by atoms with Crippen LogP contribution in [0.4, 0.5) is 18.9 Å². The summed E-state index contributed by atoms with van der Waals surface area (Å²) >= 11 is 0. The molecular weight excluding hydrogens is 519 g/mol. The lowest BCUT2D eigenvalue weighted by Crippen LogP contribution is -2.52. The zero-order chi connectivity index (χ0) is 28.5. The molecule has 1 amide bonds. The number of piperazine rings is 1. The second-order valence-corrected chi connectivity index (χ2v) is 10.2. The highest BCUT2D eigenvalue weighted by Crippen LogP contribution is 2.40. The van der Waals surface area contributed by atoms with Gasteiger partial charge in [-0.25, -0.2) is 9.50 Å². The van der Waals surface area contributed by atoms with Crippen molar-refractivity contribution in [3.8, 4) is 11.8 Å². The van der Waals surface area contributed by atoms with Crippen molar-refractivity contribution < 1.29 is 18.0 Å². The van der Waals surface area contributed by atoms with E-state index in [1.54, 1.807) is 29.0 Å². The van der Waals surface area contributed by atoms with E-state index in [0.717, 1.165) is 19.2 Å². The molecule has 0 bridgehead atoms. The summed E-state index contributed by atoms with van der Waals surface area (Å²) in [6.45, 7) is 6.52. The zero-order valence-corrected chi connectivity index (χ0v) is 22.3. The zero-order valence-electron chi connectivity index (χ0n) is 22.3. The van der Waals surface area contributed by atoms with E-state index in [1.165, 1.54) is 30.6 Å². The minimum atomic E-state index is -4.59. The molecule has 4 heterocycles. The van der Waals surface area contributed by atoms with Crippen molar-refractivity contribution in [1.29, 1.82) is 0 Å². The third kappa shape index (κ3) is 5.68. The van der Waals surface area contributed by atoms with Crippen LogP contribution in [0.2, 0.25) is 0 Å². The molecule has 1 N–H and O–H groups in total. The van der Waals surface area contributed by atoms with E-state index < -0.39 is 23.2 Å². The minimum absolute atomic E-state index is 0.0449. The smallest absolute Gasteiger partial charge is 0.322 e. The van der Waals surface area contributed by atoms with E-state index >= 15 is 0 Å². The van der Waals surface area contributed by atoms with Crippen LogP contribution in [-0.4, -0.2) is 68.5 Å². The first kappa shape index (κ1) is 27.3.